The number of amides is 1. The number of hydrogen-bond acceptors (Lipinski definition) is 6. The molecule has 9 heteroatoms. The second-order valence-electron chi connectivity index (χ2n) is 6.24. The third-order valence-electron chi connectivity index (χ3n) is 3.96. The first-order valence-corrected chi connectivity index (χ1v) is 9.24. The van der Waals surface area contributed by atoms with E-state index in [4.69, 9.17) is 4.74 Å². The van der Waals surface area contributed by atoms with Gasteiger partial charge in [-0.1, -0.05) is 0 Å². The van der Waals surface area contributed by atoms with E-state index in [1.165, 1.54) is 24.6 Å². The molecular weight excluding hydrogens is 332 g/mol. The summed E-state index contributed by atoms with van der Waals surface area (Å²) < 4.78 is 30.6. The maximum Gasteiger partial charge on any atom is 0.253 e. The molecular formula is C15H24N4O4S. The van der Waals surface area contributed by atoms with Crippen molar-refractivity contribution < 1.29 is 17.9 Å². The molecule has 2 atom stereocenters. The molecule has 2 rings (SSSR count). The van der Waals surface area contributed by atoms with Crippen LogP contribution in [-0.4, -0.2) is 76.8 Å². The summed E-state index contributed by atoms with van der Waals surface area (Å²) in [5.74, 6) is 0.152. The molecule has 2 heterocycles. The van der Waals surface area contributed by atoms with Crippen molar-refractivity contribution in [3.05, 3.63) is 23.9 Å². The number of rotatable bonds is 6. The second kappa shape index (κ2) is 7.45. The van der Waals surface area contributed by atoms with Crippen molar-refractivity contribution >= 4 is 21.7 Å². The van der Waals surface area contributed by atoms with Gasteiger partial charge in [0.1, 0.15) is 5.82 Å². The van der Waals surface area contributed by atoms with Crippen molar-refractivity contribution in [2.75, 3.05) is 52.1 Å². The summed E-state index contributed by atoms with van der Waals surface area (Å²) in [6.07, 6.45) is 1.51. The van der Waals surface area contributed by atoms with Crippen LogP contribution >= 0.6 is 0 Å². The van der Waals surface area contributed by atoms with Crippen LogP contribution in [0.5, 0.6) is 0 Å². The number of carbonyl (C=O) groups is 1. The molecule has 0 aliphatic carbocycles. The Kier molecular flexibility index (Phi) is 5.79. The van der Waals surface area contributed by atoms with E-state index >= 15 is 0 Å². The number of nitrogens with one attached hydrogen (secondary N) is 1. The molecule has 1 aliphatic rings. The summed E-state index contributed by atoms with van der Waals surface area (Å²) in [4.78, 5) is 18.4. The highest BCUT2D eigenvalue weighted by molar-refractivity contribution is 7.89. The average molecular weight is 356 g/mol. The fourth-order valence-corrected chi connectivity index (χ4v) is 3.55. The predicted molar refractivity (Wildman–Crippen MR) is 91.6 cm³/mol. The van der Waals surface area contributed by atoms with Crippen LogP contribution in [0.25, 0.3) is 0 Å². The molecule has 1 N–H and O–H groups in total. The van der Waals surface area contributed by atoms with E-state index in [-0.39, 0.29) is 23.6 Å². The first kappa shape index (κ1) is 18.6. The Labute approximate surface area is 142 Å². The first-order chi connectivity index (χ1) is 11.2. The smallest absolute Gasteiger partial charge is 0.253 e. The van der Waals surface area contributed by atoms with Crippen molar-refractivity contribution in [2.24, 2.45) is 5.92 Å². The lowest BCUT2D eigenvalue weighted by atomic mass is 10.1. The fraction of sp³-hybridized carbons (Fsp3) is 0.600. The van der Waals surface area contributed by atoms with Crippen molar-refractivity contribution in [1.82, 2.24) is 14.6 Å². The van der Waals surface area contributed by atoms with Gasteiger partial charge in [0, 0.05) is 40.3 Å². The third kappa shape index (κ3) is 4.43. The minimum absolute atomic E-state index is 0.0528. The number of hydrogen-bond donors (Lipinski definition) is 1. The molecule has 0 unspecified atom stereocenters. The van der Waals surface area contributed by atoms with E-state index in [9.17, 15) is 13.2 Å². The van der Waals surface area contributed by atoms with Gasteiger partial charge in [0.2, 0.25) is 10.0 Å². The highest BCUT2D eigenvalue weighted by Gasteiger charge is 2.34. The van der Waals surface area contributed by atoms with Crippen LogP contribution in [0.3, 0.4) is 0 Å². The standard InChI is InChI=1S/C15H24N4O4S/c1-18(2)14-6-5-11(7-16-14)15(20)17-13-9-23-8-12(13)10-24(21,22)19(3)4/h5-7,12-13H,8-10H2,1-4H3,(H,17,20)/t12-,13+/m0/s1. The van der Waals surface area contributed by atoms with Crippen LogP contribution < -0.4 is 10.2 Å². The molecule has 0 bridgehead atoms. The minimum Gasteiger partial charge on any atom is -0.379 e. The minimum atomic E-state index is -3.35. The molecule has 0 radical (unpaired) electrons. The zero-order valence-electron chi connectivity index (χ0n) is 14.4. The summed E-state index contributed by atoms with van der Waals surface area (Å²) in [5, 5.41) is 2.85. The number of carbonyl (C=O) groups excluding carboxylic acids is 1. The molecule has 1 aliphatic heterocycles. The highest BCUT2D eigenvalue weighted by Crippen LogP contribution is 2.18. The Bertz CT molecular complexity index is 673. The van der Waals surface area contributed by atoms with Crippen molar-refractivity contribution in [1.29, 1.82) is 0 Å². The summed E-state index contributed by atoms with van der Waals surface area (Å²) in [6.45, 7) is 0.623. The monoisotopic (exact) mass is 356 g/mol. The van der Waals surface area contributed by atoms with Gasteiger partial charge < -0.3 is 15.0 Å². The van der Waals surface area contributed by atoms with Crippen molar-refractivity contribution in [2.45, 2.75) is 6.04 Å². The van der Waals surface area contributed by atoms with Crippen LogP contribution in [0.15, 0.2) is 18.3 Å². The molecule has 0 aromatic carbocycles. The van der Waals surface area contributed by atoms with Crippen LogP contribution in [0, 0.1) is 5.92 Å². The van der Waals surface area contributed by atoms with E-state index in [0.29, 0.717) is 18.8 Å². The molecule has 1 aromatic heterocycles. The molecule has 8 nitrogen and oxygen atoms in total. The second-order valence-corrected chi connectivity index (χ2v) is 8.47. The Morgan fingerprint density at radius 3 is 2.54 bits per heavy atom. The van der Waals surface area contributed by atoms with E-state index in [2.05, 4.69) is 10.3 Å². The fourth-order valence-electron chi connectivity index (χ4n) is 2.38. The summed E-state index contributed by atoms with van der Waals surface area (Å²) in [5.41, 5.74) is 0.432. The van der Waals surface area contributed by atoms with E-state index in [1.54, 1.807) is 12.1 Å². The SMILES string of the molecule is CN(C)c1ccc(C(=O)N[C@@H]2COC[C@H]2CS(=O)(=O)N(C)C)cn1. The van der Waals surface area contributed by atoms with Crippen LogP contribution in [0.2, 0.25) is 0 Å². The van der Waals surface area contributed by atoms with E-state index in [1.807, 2.05) is 19.0 Å². The van der Waals surface area contributed by atoms with Crippen LogP contribution in [0.1, 0.15) is 10.4 Å². The van der Waals surface area contributed by atoms with E-state index in [0.717, 1.165) is 5.82 Å². The number of nitrogens with zero attached hydrogens (tertiary/aromatic N) is 3. The number of pyridine rings is 1. The first-order valence-electron chi connectivity index (χ1n) is 7.63. The Morgan fingerprint density at radius 2 is 2.00 bits per heavy atom. The average Bonchev–Trinajstić information content (AvgIpc) is 2.93. The predicted octanol–water partition coefficient (Wildman–Crippen LogP) is -0.216. The van der Waals surface area contributed by atoms with Crippen LogP contribution in [-0.2, 0) is 14.8 Å². The van der Waals surface area contributed by atoms with Gasteiger partial charge >= 0.3 is 0 Å². The topological polar surface area (TPSA) is 91.8 Å². The molecule has 1 saturated heterocycles. The normalized spacial score (nSPS) is 21.0. The molecule has 0 spiro atoms. The molecule has 1 aromatic rings. The highest BCUT2D eigenvalue weighted by atomic mass is 32.2. The van der Waals surface area contributed by atoms with Gasteiger partial charge in [-0.3, -0.25) is 4.79 Å². The third-order valence-corrected chi connectivity index (χ3v) is 5.93. The van der Waals surface area contributed by atoms with Gasteiger partial charge in [0.15, 0.2) is 0 Å². The lowest BCUT2D eigenvalue weighted by Gasteiger charge is -2.21. The summed E-state index contributed by atoms with van der Waals surface area (Å²) in [6, 6.07) is 3.12. The maximum atomic E-state index is 12.3. The Morgan fingerprint density at radius 1 is 1.29 bits per heavy atom. The van der Waals surface area contributed by atoms with Gasteiger partial charge in [-0.15, -0.1) is 0 Å². The number of ether oxygens (including phenoxy) is 1. The Hall–Kier alpha value is -1.71. The number of sulfonamides is 1. The lowest BCUT2D eigenvalue weighted by Crippen LogP contribution is -2.43. The molecule has 1 amide bonds. The number of aromatic nitrogens is 1. The summed E-state index contributed by atoms with van der Waals surface area (Å²) >= 11 is 0. The van der Waals surface area contributed by atoms with Gasteiger partial charge in [-0.25, -0.2) is 17.7 Å². The van der Waals surface area contributed by atoms with E-state index < -0.39 is 10.0 Å². The van der Waals surface area contributed by atoms with Crippen molar-refractivity contribution in [3.63, 3.8) is 0 Å². The van der Waals surface area contributed by atoms with Crippen LogP contribution in [0.4, 0.5) is 5.82 Å². The molecule has 24 heavy (non-hydrogen) atoms. The Balaban J connectivity index is 2.02. The van der Waals surface area contributed by atoms with Gasteiger partial charge in [0.05, 0.1) is 30.6 Å². The zero-order valence-corrected chi connectivity index (χ0v) is 15.2. The molecule has 134 valence electrons. The molecule has 1 fully saturated rings. The maximum absolute atomic E-state index is 12.3. The van der Waals surface area contributed by atoms with Crippen molar-refractivity contribution in [3.8, 4) is 0 Å². The lowest BCUT2D eigenvalue weighted by molar-refractivity contribution is 0.0925. The largest absolute Gasteiger partial charge is 0.379 e. The van der Waals surface area contributed by atoms with Gasteiger partial charge in [-0.05, 0) is 12.1 Å². The van der Waals surface area contributed by atoms with Gasteiger partial charge in [-0.2, -0.15) is 0 Å². The number of anilines is 1. The molecule has 0 saturated carbocycles. The zero-order chi connectivity index (χ0) is 17.9. The quantitative estimate of drug-likeness (QED) is 0.758. The van der Waals surface area contributed by atoms with Gasteiger partial charge in [0.25, 0.3) is 5.91 Å². The summed E-state index contributed by atoms with van der Waals surface area (Å²) in [7, 11) is 3.39.